The van der Waals surface area contributed by atoms with Gasteiger partial charge in [-0.15, -0.1) is 0 Å². The second kappa shape index (κ2) is 7.32. The Labute approximate surface area is 158 Å². The van der Waals surface area contributed by atoms with Crippen LogP contribution in [-0.4, -0.2) is 27.6 Å². The molecular weight excluding hydrogens is 368 g/mol. The van der Waals surface area contributed by atoms with E-state index in [1.165, 1.54) is 14.2 Å². The van der Waals surface area contributed by atoms with Crippen molar-refractivity contribution < 1.29 is 22.3 Å². The summed E-state index contributed by atoms with van der Waals surface area (Å²) in [6.07, 6.45) is 1.56. The van der Waals surface area contributed by atoms with Crippen molar-refractivity contribution in [3.05, 3.63) is 54.0 Å². The lowest BCUT2D eigenvalue weighted by Gasteiger charge is -2.15. The Morgan fingerprint density at radius 2 is 1.81 bits per heavy atom. The summed E-state index contributed by atoms with van der Waals surface area (Å²) in [6, 6.07) is 9.97. The van der Waals surface area contributed by atoms with Gasteiger partial charge in [-0.05, 0) is 30.7 Å². The van der Waals surface area contributed by atoms with Gasteiger partial charge in [0.2, 0.25) is 0 Å². The number of methoxy groups -OCH3 is 2. The van der Waals surface area contributed by atoms with Crippen LogP contribution in [0.5, 0.6) is 11.5 Å². The van der Waals surface area contributed by atoms with Crippen LogP contribution in [0.3, 0.4) is 0 Å². The smallest absolute Gasteiger partial charge is 0.262 e. The summed E-state index contributed by atoms with van der Waals surface area (Å²) >= 11 is 0. The summed E-state index contributed by atoms with van der Waals surface area (Å²) in [4.78, 5) is 4.19. The Morgan fingerprint density at radius 1 is 1.04 bits per heavy atom. The van der Waals surface area contributed by atoms with E-state index in [0.29, 0.717) is 34.3 Å². The maximum absolute atomic E-state index is 13.0. The van der Waals surface area contributed by atoms with Gasteiger partial charge in [0.25, 0.3) is 10.0 Å². The Balaban J connectivity index is 2.03. The first-order valence-electron chi connectivity index (χ1n) is 8.12. The number of hydrogen-bond donors (Lipinski definition) is 1. The highest BCUT2D eigenvalue weighted by Crippen LogP contribution is 2.32. The van der Waals surface area contributed by atoms with Gasteiger partial charge in [0.1, 0.15) is 11.5 Å². The minimum atomic E-state index is -3.87. The van der Waals surface area contributed by atoms with Crippen molar-refractivity contribution in [1.29, 1.82) is 0 Å². The molecular formula is C19H20N2O5S. The largest absolute Gasteiger partial charge is 0.497 e. The fraction of sp³-hybridized carbons (Fsp3) is 0.211. The minimum absolute atomic E-state index is 0.138. The number of nitrogens with zero attached hydrogens (tertiary/aromatic N) is 1. The van der Waals surface area contributed by atoms with Gasteiger partial charge in [0.05, 0.1) is 31.0 Å². The van der Waals surface area contributed by atoms with E-state index in [-0.39, 0.29) is 10.6 Å². The van der Waals surface area contributed by atoms with Gasteiger partial charge in [-0.2, -0.15) is 0 Å². The molecule has 0 atom stereocenters. The minimum Gasteiger partial charge on any atom is -0.497 e. The number of benzene rings is 2. The third-order valence-electron chi connectivity index (χ3n) is 4.03. The van der Waals surface area contributed by atoms with Gasteiger partial charge in [-0.25, -0.2) is 13.4 Å². The van der Waals surface area contributed by atoms with Crippen LogP contribution in [0.1, 0.15) is 11.5 Å². The molecule has 7 nitrogen and oxygen atoms in total. The lowest BCUT2D eigenvalue weighted by molar-refractivity contribution is 0.405. The fourth-order valence-corrected chi connectivity index (χ4v) is 3.96. The average molecular weight is 388 g/mol. The second-order valence-electron chi connectivity index (χ2n) is 5.90. The zero-order chi connectivity index (χ0) is 19.6. The number of nitrogens with one attached hydrogen (secondary N) is 1. The number of rotatable bonds is 6. The van der Waals surface area contributed by atoms with Crippen molar-refractivity contribution in [2.75, 3.05) is 18.9 Å². The molecule has 142 valence electrons. The number of aromatic nitrogens is 1. The molecule has 2 aromatic carbocycles. The highest BCUT2D eigenvalue weighted by atomic mass is 32.2. The molecule has 1 N–H and O–H groups in total. The van der Waals surface area contributed by atoms with Gasteiger partial charge in [-0.1, -0.05) is 12.1 Å². The van der Waals surface area contributed by atoms with Crippen LogP contribution in [0.15, 0.2) is 51.9 Å². The molecule has 0 aliphatic rings. The third kappa shape index (κ3) is 3.90. The highest BCUT2D eigenvalue weighted by molar-refractivity contribution is 7.92. The number of aryl methyl sites for hydroxylation is 2. The van der Waals surface area contributed by atoms with Crippen LogP contribution in [0.25, 0.3) is 11.3 Å². The van der Waals surface area contributed by atoms with Crippen LogP contribution in [0, 0.1) is 13.8 Å². The van der Waals surface area contributed by atoms with Gasteiger partial charge >= 0.3 is 0 Å². The summed E-state index contributed by atoms with van der Waals surface area (Å²) in [5.41, 5.74) is 1.51. The molecule has 0 radical (unpaired) electrons. The van der Waals surface area contributed by atoms with Crippen LogP contribution in [0.4, 0.5) is 5.69 Å². The predicted octanol–water partition coefficient (Wildman–Crippen LogP) is 3.78. The summed E-state index contributed by atoms with van der Waals surface area (Å²) in [7, 11) is -0.896. The molecule has 3 rings (SSSR count). The number of sulfonamides is 1. The summed E-state index contributed by atoms with van der Waals surface area (Å²) in [5.74, 6) is 1.91. The molecule has 0 bridgehead atoms. The summed E-state index contributed by atoms with van der Waals surface area (Å²) in [6.45, 7) is 3.46. The molecule has 27 heavy (non-hydrogen) atoms. The average Bonchev–Trinajstić information content (AvgIpc) is 3.08. The molecule has 0 fully saturated rings. The Bertz CT molecular complexity index is 1070. The first-order chi connectivity index (χ1) is 12.8. The number of oxazole rings is 1. The van der Waals surface area contributed by atoms with E-state index < -0.39 is 10.0 Å². The first kappa shape index (κ1) is 18.8. The van der Waals surface area contributed by atoms with Crippen LogP contribution >= 0.6 is 0 Å². The lowest BCUT2D eigenvalue weighted by atomic mass is 10.1. The highest BCUT2D eigenvalue weighted by Gasteiger charge is 2.21. The van der Waals surface area contributed by atoms with E-state index in [2.05, 4.69) is 9.71 Å². The maximum atomic E-state index is 13.0. The van der Waals surface area contributed by atoms with Crippen molar-refractivity contribution in [1.82, 2.24) is 4.98 Å². The van der Waals surface area contributed by atoms with Crippen molar-refractivity contribution >= 4 is 15.7 Å². The van der Waals surface area contributed by atoms with E-state index in [0.717, 1.165) is 0 Å². The normalized spacial score (nSPS) is 11.3. The van der Waals surface area contributed by atoms with Crippen LogP contribution < -0.4 is 14.2 Å². The zero-order valence-electron chi connectivity index (χ0n) is 15.4. The first-order valence-corrected chi connectivity index (χ1v) is 9.60. The van der Waals surface area contributed by atoms with E-state index in [4.69, 9.17) is 13.9 Å². The second-order valence-corrected chi connectivity index (χ2v) is 7.55. The molecule has 8 heteroatoms. The molecule has 1 heterocycles. The maximum Gasteiger partial charge on any atom is 0.262 e. The van der Waals surface area contributed by atoms with Crippen molar-refractivity contribution in [2.45, 2.75) is 18.7 Å². The van der Waals surface area contributed by atoms with E-state index >= 15 is 0 Å². The Kier molecular flexibility index (Phi) is 5.09. The molecule has 0 spiro atoms. The number of hydrogen-bond acceptors (Lipinski definition) is 6. The molecule has 0 saturated heterocycles. The quantitative estimate of drug-likeness (QED) is 0.691. The van der Waals surface area contributed by atoms with Crippen LogP contribution in [0.2, 0.25) is 0 Å². The van der Waals surface area contributed by atoms with Crippen LogP contribution in [-0.2, 0) is 10.0 Å². The summed E-state index contributed by atoms with van der Waals surface area (Å²) < 4.78 is 44.5. The SMILES string of the molecule is COc1ccc(OC)c(NS(=O)(=O)c2cc(-c3cnc(C)o3)ccc2C)c1. The lowest BCUT2D eigenvalue weighted by Crippen LogP contribution is -2.15. The number of anilines is 1. The van der Waals surface area contributed by atoms with Crippen molar-refractivity contribution in [2.24, 2.45) is 0 Å². The molecule has 0 amide bonds. The van der Waals surface area contributed by atoms with E-state index in [9.17, 15) is 8.42 Å². The third-order valence-corrected chi connectivity index (χ3v) is 5.54. The number of ether oxygens (including phenoxy) is 2. The van der Waals surface area contributed by atoms with E-state index in [1.807, 2.05) is 0 Å². The zero-order valence-corrected chi connectivity index (χ0v) is 16.3. The Hall–Kier alpha value is -3.00. The standard InChI is InChI=1S/C19H20N2O5S/c1-12-5-6-14(18-11-20-13(2)26-18)9-19(12)27(22,23)21-16-10-15(24-3)7-8-17(16)25-4/h5-11,21H,1-4H3. The molecule has 0 saturated carbocycles. The van der Waals surface area contributed by atoms with Crippen molar-refractivity contribution in [3.63, 3.8) is 0 Å². The predicted molar refractivity (Wildman–Crippen MR) is 102 cm³/mol. The Morgan fingerprint density at radius 3 is 2.44 bits per heavy atom. The molecule has 0 aliphatic heterocycles. The topological polar surface area (TPSA) is 90.7 Å². The molecule has 0 unspecified atom stereocenters. The van der Waals surface area contributed by atoms with Crippen molar-refractivity contribution in [3.8, 4) is 22.8 Å². The van der Waals surface area contributed by atoms with Gasteiger partial charge in [0, 0.05) is 18.6 Å². The van der Waals surface area contributed by atoms with Gasteiger partial charge < -0.3 is 13.9 Å². The van der Waals surface area contributed by atoms with E-state index in [1.54, 1.807) is 56.4 Å². The van der Waals surface area contributed by atoms with Gasteiger partial charge in [-0.3, -0.25) is 4.72 Å². The molecule has 1 aromatic heterocycles. The monoisotopic (exact) mass is 388 g/mol. The summed E-state index contributed by atoms with van der Waals surface area (Å²) in [5, 5.41) is 0. The molecule has 3 aromatic rings. The van der Waals surface area contributed by atoms with Gasteiger partial charge in [0.15, 0.2) is 11.7 Å². The fourth-order valence-electron chi connectivity index (χ4n) is 2.63. The molecule has 0 aliphatic carbocycles.